The van der Waals surface area contributed by atoms with E-state index in [0.29, 0.717) is 54.3 Å². The zero-order valence-electron chi connectivity index (χ0n) is 23.8. The first kappa shape index (κ1) is 30.0. The van der Waals surface area contributed by atoms with E-state index in [9.17, 15) is 14.9 Å². The number of para-hydroxylation sites is 1. The molecule has 1 atom stereocenters. The second-order valence-electron chi connectivity index (χ2n) is 9.52. The Kier molecular flexibility index (Phi) is 9.24. The third-order valence-corrected chi connectivity index (χ3v) is 8.41. The predicted molar refractivity (Wildman–Crippen MR) is 168 cm³/mol. The molecule has 1 aliphatic heterocycles. The summed E-state index contributed by atoms with van der Waals surface area (Å²) in [5.41, 5.74) is 3.32. The van der Waals surface area contributed by atoms with Gasteiger partial charge in [-0.25, -0.2) is 9.79 Å². The molecule has 0 fully saturated rings. The molecule has 0 aliphatic carbocycles. The van der Waals surface area contributed by atoms with Crippen molar-refractivity contribution in [3.63, 3.8) is 0 Å². The molecule has 0 radical (unpaired) electrons. The minimum atomic E-state index is -0.765. The molecule has 5 rings (SSSR count). The van der Waals surface area contributed by atoms with Gasteiger partial charge in [0.2, 0.25) is 0 Å². The van der Waals surface area contributed by atoms with Crippen molar-refractivity contribution < 1.29 is 19.0 Å². The molecule has 0 spiro atoms. The van der Waals surface area contributed by atoms with Crippen molar-refractivity contribution in [2.45, 2.75) is 33.4 Å². The summed E-state index contributed by atoms with van der Waals surface area (Å²) in [7, 11) is 0. The lowest BCUT2D eigenvalue weighted by Gasteiger charge is -2.26. The maximum absolute atomic E-state index is 14.0. The number of rotatable bonds is 9. The molecular formula is C33H28BrN3O5S. The Hall–Kier alpha value is -4.46. The van der Waals surface area contributed by atoms with Gasteiger partial charge in [0, 0.05) is 11.1 Å². The second kappa shape index (κ2) is 13.2. The molecule has 0 saturated heterocycles. The molecule has 4 aromatic rings. The standard InChI is InChI=1S/C33H28BrN3O5S/c1-4-40-26-13-9-8-12-24(26)30-29(32(39)41-5-2)20(3)36-33-37(30)31(38)28(43-33)17-21-14-15-27(25(34)16-21)42-19-23-11-7-6-10-22(23)18-35/h6-17,30H,4-5,19H2,1-3H3/b28-17-/t30-/m0/s1. The van der Waals surface area contributed by atoms with Crippen molar-refractivity contribution in [2.75, 3.05) is 13.2 Å². The van der Waals surface area contributed by atoms with E-state index in [-0.39, 0.29) is 18.8 Å². The zero-order valence-corrected chi connectivity index (χ0v) is 26.2. The molecule has 0 N–H and O–H groups in total. The monoisotopic (exact) mass is 657 g/mol. The lowest BCUT2D eigenvalue weighted by molar-refractivity contribution is -0.139. The van der Waals surface area contributed by atoms with Gasteiger partial charge in [-0.1, -0.05) is 53.8 Å². The van der Waals surface area contributed by atoms with Gasteiger partial charge in [0.1, 0.15) is 24.1 Å². The Balaban J connectivity index is 1.55. The number of nitrogens with zero attached hydrogens (tertiary/aromatic N) is 3. The summed E-state index contributed by atoms with van der Waals surface area (Å²) in [6.07, 6.45) is 1.79. The first-order valence-electron chi connectivity index (χ1n) is 13.7. The molecule has 0 saturated carbocycles. The number of ether oxygens (including phenoxy) is 3. The van der Waals surface area contributed by atoms with Crippen molar-refractivity contribution in [3.05, 3.63) is 124 Å². The number of carbonyl (C=O) groups is 1. The van der Waals surface area contributed by atoms with Crippen LogP contribution < -0.4 is 24.4 Å². The highest BCUT2D eigenvalue weighted by atomic mass is 79.9. The maximum Gasteiger partial charge on any atom is 0.338 e. The average Bonchev–Trinajstić information content (AvgIpc) is 3.30. The average molecular weight is 659 g/mol. The largest absolute Gasteiger partial charge is 0.494 e. The summed E-state index contributed by atoms with van der Waals surface area (Å²) in [5, 5.41) is 9.35. The molecule has 218 valence electrons. The van der Waals surface area contributed by atoms with Gasteiger partial charge >= 0.3 is 5.97 Å². The maximum atomic E-state index is 14.0. The van der Waals surface area contributed by atoms with E-state index in [1.54, 1.807) is 30.6 Å². The highest BCUT2D eigenvalue weighted by Gasteiger charge is 2.35. The van der Waals surface area contributed by atoms with Gasteiger partial charge in [-0.15, -0.1) is 0 Å². The number of carbonyl (C=O) groups excluding carboxylic acids is 1. The van der Waals surface area contributed by atoms with Gasteiger partial charge in [0.25, 0.3) is 5.56 Å². The number of hydrogen-bond acceptors (Lipinski definition) is 8. The Bertz CT molecular complexity index is 1950. The molecule has 10 heteroatoms. The highest BCUT2D eigenvalue weighted by molar-refractivity contribution is 9.10. The number of benzene rings is 3. The van der Waals surface area contributed by atoms with Crippen LogP contribution in [0.15, 0.2) is 92.3 Å². The number of allylic oxidation sites excluding steroid dienone is 1. The summed E-state index contributed by atoms with van der Waals surface area (Å²) in [6, 6.07) is 21.6. The SMILES string of the molecule is CCOC(=O)C1=C(C)N=c2s/c(=C\c3ccc(OCc4ccccc4C#N)c(Br)c3)c(=O)n2[C@H]1c1ccccc1OCC. The van der Waals surface area contributed by atoms with Crippen molar-refractivity contribution >= 4 is 39.3 Å². The topological polar surface area (TPSA) is 103 Å². The first-order chi connectivity index (χ1) is 20.9. The Labute approximate surface area is 260 Å². The van der Waals surface area contributed by atoms with Crippen molar-refractivity contribution in [3.8, 4) is 17.6 Å². The van der Waals surface area contributed by atoms with Crippen LogP contribution in [-0.2, 0) is 16.1 Å². The first-order valence-corrected chi connectivity index (χ1v) is 15.3. The number of thiazole rings is 1. The Morgan fingerprint density at radius 3 is 2.58 bits per heavy atom. The molecule has 1 aliphatic rings. The number of fused-ring (bicyclic) bond motifs is 1. The normalized spacial score (nSPS) is 14.5. The molecule has 2 heterocycles. The van der Waals surface area contributed by atoms with Gasteiger partial charge in [0.15, 0.2) is 4.80 Å². The fourth-order valence-electron chi connectivity index (χ4n) is 4.87. The van der Waals surface area contributed by atoms with Gasteiger partial charge in [-0.2, -0.15) is 5.26 Å². The summed E-state index contributed by atoms with van der Waals surface area (Å²) in [5.74, 6) is 0.665. The van der Waals surface area contributed by atoms with E-state index >= 15 is 0 Å². The molecular weight excluding hydrogens is 630 g/mol. The van der Waals surface area contributed by atoms with Crippen LogP contribution in [0.3, 0.4) is 0 Å². The summed E-state index contributed by atoms with van der Waals surface area (Å²) < 4.78 is 20.0. The fraction of sp³-hybridized carbons (Fsp3) is 0.212. The molecule has 0 amide bonds. The van der Waals surface area contributed by atoms with Crippen molar-refractivity contribution in [2.24, 2.45) is 4.99 Å². The molecule has 3 aromatic carbocycles. The number of halogens is 1. The van der Waals surface area contributed by atoms with Crippen LogP contribution in [0, 0.1) is 11.3 Å². The molecule has 0 unspecified atom stereocenters. The minimum Gasteiger partial charge on any atom is -0.494 e. The number of aromatic nitrogens is 1. The minimum absolute atomic E-state index is 0.194. The lowest BCUT2D eigenvalue weighted by Crippen LogP contribution is -2.40. The highest BCUT2D eigenvalue weighted by Crippen LogP contribution is 2.36. The van der Waals surface area contributed by atoms with Crippen molar-refractivity contribution in [1.82, 2.24) is 4.57 Å². The molecule has 8 nitrogen and oxygen atoms in total. The zero-order chi connectivity index (χ0) is 30.5. The second-order valence-corrected chi connectivity index (χ2v) is 11.4. The van der Waals surface area contributed by atoms with Crippen LogP contribution in [0.2, 0.25) is 0 Å². The van der Waals surface area contributed by atoms with E-state index in [1.165, 1.54) is 11.3 Å². The van der Waals surface area contributed by atoms with Crippen LogP contribution in [0.1, 0.15) is 49.1 Å². The number of esters is 1. The number of nitriles is 1. The van der Waals surface area contributed by atoms with Crippen LogP contribution in [-0.4, -0.2) is 23.8 Å². The smallest absolute Gasteiger partial charge is 0.338 e. The van der Waals surface area contributed by atoms with Gasteiger partial charge in [-0.05, 0) is 72.6 Å². The fourth-order valence-corrected chi connectivity index (χ4v) is 6.42. The van der Waals surface area contributed by atoms with E-state index < -0.39 is 12.0 Å². The van der Waals surface area contributed by atoms with Crippen LogP contribution in [0.5, 0.6) is 11.5 Å². The third-order valence-electron chi connectivity index (χ3n) is 6.81. The third kappa shape index (κ3) is 6.19. The summed E-state index contributed by atoms with van der Waals surface area (Å²) in [4.78, 5) is 32.3. The van der Waals surface area contributed by atoms with Crippen LogP contribution in [0.4, 0.5) is 0 Å². The van der Waals surface area contributed by atoms with Crippen LogP contribution in [0.25, 0.3) is 6.08 Å². The van der Waals surface area contributed by atoms with Gasteiger partial charge in [-0.3, -0.25) is 9.36 Å². The van der Waals surface area contributed by atoms with E-state index in [4.69, 9.17) is 14.2 Å². The number of hydrogen-bond donors (Lipinski definition) is 0. The van der Waals surface area contributed by atoms with Crippen LogP contribution >= 0.6 is 27.3 Å². The summed E-state index contributed by atoms with van der Waals surface area (Å²) in [6.45, 7) is 6.24. The molecule has 0 bridgehead atoms. The predicted octanol–water partition coefficient (Wildman–Crippen LogP) is 5.41. The van der Waals surface area contributed by atoms with E-state index in [1.807, 2.05) is 67.6 Å². The molecule has 43 heavy (non-hydrogen) atoms. The Morgan fingerprint density at radius 2 is 1.84 bits per heavy atom. The van der Waals surface area contributed by atoms with E-state index in [0.717, 1.165) is 11.1 Å². The van der Waals surface area contributed by atoms with Crippen molar-refractivity contribution in [1.29, 1.82) is 5.26 Å². The lowest BCUT2D eigenvalue weighted by atomic mass is 9.95. The Morgan fingerprint density at radius 1 is 1.07 bits per heavy atom. The quantitative estimate of drug-likeness (QED) is 0.223. The molecule has 1 aromatic heterocycles. The van der Waals surface area contributed by atoms with Gasteiger partial charge < -0.3 is 14.2 Å². The van der Waals surface area contributed by atoms with Gasteiger partial charge in [0.05, 0.1) is 45.1 Å². The summed E-state index contributed by atoms with van der Waals surface area (Å²) >= 11 is 4.82. The van der Waals surface area contributed by atoms with E-state index in [2.05, 4.69) is 27.0 Å².